The van der Waals surface area contributed by atoms with Crippen molar-refractivity contribution in [3.8, 4) is 5.75 Å². The number of nitrogens with one attached hydrogen (secondary N) is 1. The van der Waals surface area contributed by atoms with E-state index in [-0.39, 0.29) is 0 Å². The van der Waals surface area contributed by atoms with Crippen LogP contribution in [0.5, 0.6) is 5.75 Å². The van der Waals surface area contributed by atoms with Gasteiger partial charge >= 0.3 is 0 Å². The quantitative estimate of drug-likeness (QED) is 0.618. The summed E-state index contributed by atoms with van der Waals surface area (Å²) in [6.07, 6.45) is 5.57. The van der Waals surface area contributed by atoms with Crippen LogP contribution in [0.3, 0.4) is 0 Å². The third-order valence-corrected chi connectivity index (χ3v) is 6.45. The van der Waals surface area contributed by atoms with Crippen LogP contribution in [0, 0.1) is 5.41 Å². The number of ether oxygens (including phenoxy) is 1. The van der Waals surface area contributed by atoms with E-state index < -0.39 is 5.91 Å². The largest absolute Gasteiger partial charge is 0.497 e. The second-order valence-electron chi connectivity index (χ2n) is 8.23. The molecule has 1 spiro atoms. The lowest BCUT2D eigenvalue weighted by Gasteiger charge is -2.35. The zero-order valence-electron chi connectivity index (χ0n) is 16.4. The number of methoxy groups -OCH3 is 1. The van der Waals surface area contributed by atoms with E-state index in [9.17, 15) is 4.79 Å². The second kappa shape index (κ2) is 7.94. The van der Waals surface area contributed by atoms with E-state index in [1.807, 2.05) is 24.3 Å². The zero-order valence-corrected chi connectivity index (χ0v) is 16.4. The molecule has 0 bridgehead atoms. The van der Waals surface area contributed by atoms with Crippen LogP contribution >= 0.6 is 0 Å². The Hall–Kier alpha value is -2.37. The summed E-state index contributed by atoms with van der Waals surface area (Å²) in [4.78, 5) is 14.2. The van der Waals surface area contributed by atoms with Gasteiger partial charge < -0.3 is 9.64 Å². The maximum atomic E-state index is 11.6. The van der Waals surface area contributed by atoms with Crippen molar-refractivity contribution in [1.82, 2.24) is 10.4 Å². The van der Waals surface area contributed by atoms with Crippen molar-refractivity contribution in [1.29, 1.82) is 0 Å². The molecule has 5 nitrogen and oxygen atoms in total. The van der Waals surface area contributed by atoms with Gasteiger partial charge in [0.15, 0.2) is 0 Å². The summed E-state index contributed by atoms with van der Waals surface area (Å²) in [6, 6.07) is 14.2. The number of fused-ring (bicyclic) bond motifs is 1. The number of rotatable bonds is 5. The van der Waals surface area contributed by atoms with Gasteiger partial charge in [0.1, 0.15) is 5.75 Å². The lowest BCUT2D eigenvalue weighted by Crippen LogP contribution is -2.33. The Morgan fingerprint density at radius 3 is 2.75 bits per heavy atom. The topological polar surface area (TPSA) is 61.8 Å². The van der Waals surface area contributed by atoms with Gasteiger partial charge in [-0.25, -0.2) is 5.48 Å². The van der Waals surface area contributed by atoms with E-state index in [2.05, 4.69) is 23.1 Å². The smallest absolute Gasteiger partial charge is 0.274 e. The molecule has 0 saturated carbocycles. The van der Waals surface area contributed by atoms with Crippen molar-refractivity contribution in [3.05, 3.63) is 64.7 Å². The van der Waals surface area contributed by atoms with Crippen LogP contribution in [-0.4, -0.2) is 42.8 Å². The maximum absolute atomic E-state index is 11.6. The van der Waals surface area contributed by atoms with E-state index in [0.717, 1.165) is 44.6 Å². The SMILES string of the molecule is COc1ccc(CCN2CCC3(CCc4cc(C(=O)NO)ccc4C3)C2)cc1. The number of carbonyl (C=O) groups is 1. The van der Waals surface area contributed by atoms with E-state index in [1.165, 1.54) is 29.5 Å². The average Bonchev–Trinajstić information content (AvgIpc) is 3.13. The summed E-state index contributed by atoms with van der Waals surface area (Å²) in [6.45, 7) is 3.41. The summed E-state index contributed by atoms with van der Waals surface area (Å²) in [5.74, 6) is 0.470. The molecule has 0 aromatic heterocycles. The number of carbonyl (C=O) groups excluding carboxylic acids is 1. The molecule has 2 aliphatic rings. The van der Waals surface area contributed by atoms with Crippen LogP contribution in [0.4, 0.5) is 0 Å². The number of likely N-dealkylation sites (tertiary alicyclic amines) is 1. The highest BCUT2D eigenvalue weighted by Gasteiger charge is 2.40. The van der Waals surface area contributed by atoms with Gasteiger partial charge in [-0.3, -0.25) is 10.0 Å². The molecule has 148 valence electrons. The molecule has 5 heteroatoms. The third kappa shape index (κ3) is 3.91. The van der Waals surface area contributed by atoms with E-state index in [0.29, 0.717) is 11.0 Å². The highest BCUT2D eigenvalue weighted by molar-refractivity contribution is 5.93. The molecule has 4 rings (SSSR count). The Morgan fingerprint density at radius 1 is 1.18 bits per heavy atom. The monoisotopic (exact) mass is 380 g/mol. The summed E-state index contributed by atoms with van der Waals surface area (Å²) in [5, 5.41) is 8.84. The van der Waals surface area contributed by atoms with Crippen molar-refractivity contribution in [2.45, 2.75) is 32.1 Å². The van der Waals surface area contributed by atoms with Crippen molar-refractivity contribution >= 4 is 5.91 Å². The number of hydrogen-bond donors (Lipinski definition) is 2. The molecule has 1 heterocycles. The number of nitrogens with zero attached hydrogens (tertiary/aromatic N) is 1. The van der Waals surface area contributed by atoms with Crippen LogP contribution in [0.15, 0.2) is 42.5 Å². The third-order valence-electron chi connectivity index (χ3n) is 6.45. The van der Waals surface area contributed by atoms with Gasteiger partial charge in [-0.2, -0.15) is 0 Å². The van der Waals surface area contributed by atoms with Crippen molar-refractivity contribution in [3.63, 3.8) is 0 Å². The van der Waals surface area contributed by atoms with E-state index >= 15 is 0 Å². The average molecular weight is 380 g/mol. The first kappa shape index (κ1) is 19.0. The molecule has 1 unspecified atom stereocenters. The first-order chi connectivity index (χ1) is 13.6. The van der Waals surface area contributed by atoms with Crippen molar-refractivity contribution in [2.24, 2.45) is 5.41 Å². The first-order valence-corrected chi connectivity index (χ1v) is 10.0. The number of benzene rings is 2. The molecule has 1 atom stereocenters. The normalized spacial score (nSPS) is 21.5. The Morgan fingerprint density at radius 2 is 2.00 bits per heavy atom. The van der Waals surface area contributed by atoms with Crippen LogP contribution in [0.2, 0.25) is 0 Å². The standard InChI is InChI=1S/C23H28N2O3/c1-28-21-6-2-17(3-7-21)9-12-25-13-11-23(16-25)10-8-18-14-19(22(26)24-27)4-5-20(18)15-23/h2-7,14,27H,8-13,15-16H2,1H3,(H,24,26). The molecule has 0 radical (unpaired) electrons. The fraction of sp³-hybridized carbons (Fsp3) is 0.435. The zero-order chi connectivity index (χ0) is 19.6. The number of hydrogen-bond acceptors (Lipinski definition) is 4. The van der Waals surface area contributed by atoms with Gasteiger partial charge in [0.2, 0.25) is 0 Å². The van der Waals surface area contributed by atoms with Crippen LogP contribution in [-0.2, 0) is 19.3 Å². The highest BCUT2D eigenvalue weighted by atomic mass is 16.5. The summed E-state index contributed by atoms with van der Waals surface area (Å²) >= 11 is 0. The number of aryl methyl sites for hydroxylation is 1. The van der Waals surface area contributed by atoms with Gasteiger partial charge in [0, 0.05) is 18.7 Å². The van der Waals surface area contributed by atoms with Gasteiger partial charge in [-0.05, 0) is 85.0 Å². The molecule has 2 aromatic carbocycles. The minimum Gasteiger partial charge on any atom is -0.497 e. The summed E-state index contributed by atoms with van der Waals surface area (Å²) in [7, 11) is 1.70. The Balaban J connectivity index is 1.36. The number of amides is 1. The highest BCUT2D eigenvalue weighted by Crippen LogP contribution is 2.42. The molecular weight excluding hydrogens is 352 g/mol. The molecular formula is C23H28N2O3. The lowest BCUT2D eigenvalue weighted by atomic mass is 9.71. The summed E-state index contributed by atoms with van der Waals surface area (Å²) < 4.78 is 5.23. The molecule has 1 amide bonds. The minimum atomic E-state index is -0.436. The van der Waals surface area contributed by atoms with Crippen LogP contribution < -0.4 is 10.2 Å². The Bertz CT molecular complexity index is 849. The van der Waals surface area contributed by atoms with Crippen molar-refractivity contribution < 1.29 is 14.7 Å². The van der Waals surface area contributed by atoms with E-state index in [1.54, 1.807) is 12.6 Å². The van der Waals surface area contributed by atoms with Gasteiger partial charge in [-0.1, -0.05) is 18.2 Å². The Labute approximate surface area is 166 Å². The minimum absolute atomic E-state index is 0.369. The van der Waals surface area contributed by atoms with Gasteiger partial charge in [-0.15, -0.1) is 0 Å². The molecule has 1 saturated heterocycles. The molecule has 2 aromatic rings. The molecule has 1 fully saturated rings. The number of hydroxylamine groups is 1. The first-order valence-electron chi connectivity index (χ1n) is 10.0. The predicted molar refractivity (Wildman–Crippen MR) is 108 cm³/mol. The van der Waals surface area contributed by atoms with E-state index in [4.69, 9.17) is 9.94 Å². The van der Waals surface area contributed by atoms with Crippen LogP contribution in [0.25, 0.3) is 0 Å². The molecule has 2 N–H and O–H groups in total. The predicted octanol–water partition coefficient (Wildman–Crippen LogP) is 3.24. The molecule has 28 heavy (non-hydrogen) atoms. The van der Waals surface area contributed by atoms with Crippen molar-refractivity contribution in [2.75, 3.05) is 26.7 Å². The lowest BCUT2D eigenvalue weighted by molar-refractivity contribution is 0.0706. The Kier molecular flexibility index (Phi) is 5.38. The second-order valence-corrected chi connectivity index (χ2v) is 8.23. The summed E-state index contributed by atoms with van der Waals surface area (Å²) in [5.41, 5.74) is 6.59. The van der Waals surface area contributed by atoms with Gasteiger partial charge in [0.25, 0.3) is 5.91 Å². The van der Waals surface area contributed by atoms with Crippen LogP contribution in [0.1, 0.15) is 39.9 Å². The molecule has 1 aliphatic carbocycles. The van der Waals surface area contributed by atoms with Gasteiger partial charge in [0.05, 0.1) is 7.11 Å². The fourth-order valence-corrected chi connectivity index (χ4v) is 4.78. The fourth-order valence-electron chi connectivity index (χ4n) is 4.78. The molecule has 1 aliphatic heterocycles. The maximum Gasteiger partial charge on any atom is 0.274 e.